The first-order valence-corrected chi connectivity index (χ1v) is 9.53. The van der Waals surface area contributed by atoms with Crippen molar-refractivity contribution in [2.24, 2.45) is 0 Å². The zero-order valence-corrected chi connectivity index (χ0v) is 16.5. The van der Waals surface area contributed by atoms with Gasteiger partial charge in [-0.15, -0.1) is 11.3 Å². The van der Waals surface area contributed by atoms with Gasteiger partial charge in [-0.25, -0.2) is 0 Å². The molecule has 3 nitrogen and oxygen atoms in total. The van der Waals surface area contributed by atoms with Crippen LogP contribution >= 0.6 is 22.9 Å². The van der Waals surface area contributed by atoms with E-state index in [-0.39, 0.29) is 5.91 Å². The third-order valence-electron chi connectivity index (χ3n) is 4.12. The SMILES string of the molecule is Cc1ccc(Cl)cc1NC(=O)c1cc(COc2c(C)cccc2C)cs1. The Labute approximate surface area is 162 Å². The Morgan fingerprint density at radius 3 is 2.54 bits per heavy atom. The zero-order valence-electron chi connectivity index (χ0n) is 14.9. The number of benzene rings is 2. The van der Waals surface area contributed by atoms with E-state index < -0.39 is 0 Å². The lowest BCUT2D eigenvalue weighted by Gasteiger charge is -2.11. The molecule has 0 atom stereocenters. The predicted molar refractivity (Wildman–Crippen MR) is 109 cm³/mol. The monoisotopic (exact) mass is 385 g/mol. The van der Waals surface area contributed by atoms with E-state index in [1.807, 2.05) is 56.5 Å². The highest BCUT2D eigenvalue weighted by atomic mass is 35.5. The number of para-hydroxylation sites is 1. The van der Waals surface area contributed by atoms with Crippen LogP contribution in [0.1, 0.15) is 31.9 Å². The van der Waals surface area contributed by atoms with Crippen LogP contribution in [-0.4, -0.2) is 5.91 Å². The van der Waals surface area contributed by atoms with E-state index in [2.05, 4.69) is 5.32 Å². The number of hydrogen-bond donors (Lipinski definition) is 1. The number of ether oxygens (including phenoxy) is 1. The van der Waals surface area contributed by atoms with Gasteiger partial charge in [0.05, 0.1) is 4.88 Å². The van der Waals surface area contributed by atoms with Gasteiger partial charge in [0.25, 0.3) is 5.91 Å². The molecule has 134 valence electrons. The molecule has 26 heavy (non-hydrogen) atoms. The van der Waals surface area contributed by atoms with Gasteiger partial charge >= 0.3 is 0 Å². The van der Waals surface area contributed by atoms with Crippen molar-refractivity contribution in [2.45, 2.75) is 27.4 Å². The molecule has 1 amide bonds. The molecule has 0 radical (unpaired) electrons. The van der Waals surface area contributed by atoms with Crippen LogP contribution in [0.2, 0.25) is 5.02 Å². The molecule has 0 saturated carbocycles. The van der Waals surface area contributed by atoms with E-state index in [1.165, 1.54) is 11.3 Å². The van der Waals surface area contributed by atoms with Gasteiger partial charge in [-0.1, -0.05) is 35.9 Å². The third kappa shape index (κ3) is 4.26. The molecule has 0 aliphatic carbocycles. The fourth-order valence-electron chi connectivity index (χ4n) is 2.67. The lowest BCUT2D eigenvalue weighted by Crippen LogP contribution is -2.11. The first-order valence-electron chi connectivity index (χ1n) is 8.28. The van der Waals surface area contributed by atoms with Crippen molar-refractivity contribution in [1.29, 1.82) is 0 Å². The summed E-state index contributed by atoms with van der Waals surface area (Å²) in [6.45, 7) is 6.43. The number of thiophene rings is 1. The van der Waals surface area contributed by atoms with Gasteiger partial charge in [-0.2, -0.15) is 0 Å². The smallest absolute Gasteiger partial charge is 0.265 e. The Bertz CT molecular complexity index is 929. The first kappa shape index (κ1) is 18.5. The van der Waals surface area contributed by atoms with Crippen LogP contribution in [-0.2, 0) is 6.61 Å². The molecule has 1 aromatic heterocycles. The molecule has 5 heteroatoms. The summed E-state index contributed by atoms with van der Waals surface area (Å²) in [5, 5.41) is 5.47. The van der Waals surface area contributed by atoms with Crippen molar-refractivity contribution in [1.82, 2.24) is 0 Å². The maximum atomic E-state index is 12.5. The van der Waals surface area contributed by atoms with Crippen LogP contribution in [0.3, 0.4) is 0 Å². The number of carbonyl (C=O) groups excluding carboxylic acids is 1. The van der Waals surface area contributed by atoms with Crippen LogP contribution in [0.4, 0.5) is 5.69 Å². The van der Waals surface area contributed by atoms with Crippen molar-refractivity contribution in [2.75, 3.05) is 5.32 Å². The fraction of sp³-hybridized carbons (Fsp3) is 0.190. The summed E-state index contributed by atoms with van der Waals surface area (Å²) in [7, 11) is 0. The summed E-state index contributed by atoms with van der Waals surface area (Å²) in [6.07, 6.45) is 0. The van der Waals surface area contributed by atoms with Crippen molar-refractivity contribution in [3.63, 3.8) is 0 Å². The highest BCUT2D eigenvalue weighted by Gasteiger charge is 2.12. The lowest BCUT2D eigenvalue weighted by molar-refractivity contribution is 0.103. The van der Waals surface area contributed by atoms with E-state index in [4.69, 9.17) is 16.3 Å². The molecule has 0 spiro atoms. The van der Waals surface area contributed by atoms with Crippen molar-refractivity contribution in [3.8, 4) is 5.75 Å². The molecule has 3 aromatic rings. The van der Waals surface area contributed by atoms with Gasteiger partial charge in [-0.3, -0.25) is 4.79 Å². The largest absolute Gasteiger partial charge is 0.488 e. The summed E-state index contributed by atoms with van der Waals surface area (Å²) in [6, 6.07) is 13.4. The Kier molecular flexibility index (Phi) is 5.64. The van der Waals surface area contributed by atoms with Gasteiger partial charge in [0.1, 0.15) is 12.4 Å². The Balaban J connectivity index is 1.67. The quantitative estimate of drug-likeness (QED) is 0.571. The molecule has 0 aliphatic rings. The highest BCUT2D eigenvalue weighted by Crippen LogP contribution is 2.25. The molecule has 0 fully saturated rings. The Morgan fingerprint density at radius 1 is 1.08 bits per heavy atom. The van der Waals surface area contributed by atoms with E-state index in [0.29, 0.717) is 16.5 Å². The lowest BCUT2D eigenvalue weighted by atomic mass is 10.1. The zero-order chi connectivity index (χ0) is 18.7. The van der Waals surface area contributed by atoms with Crippen molar-refractivity contribution < 1.29 is 9.53 Å². The summed E-state index contributed by atoms with van der Waals surface area (Å²) >= 11 is 7.42. The van der Waals surface area contributed by atoms with E-state index in [1.54, 1.807) is 12.1 Å². The molecular weight excluding hydrogens is 366 g/mol. The fourth-order valence-corrected chi connectivity index (χ4v) is 3.63. The van der Waals surface area contributed by atoms with Crippen LogP contribution in [0.5, 0.6) is 5.75 Å². The van der Waals surface area contributed by atoms with Crippen LogP contribution in [0, 0.1) is 20.8 Å². The van der Waals surface area contributed by atoms with E-state index >= 15 is 0 Å². The number of halogens is 1. The number of amides is 1. The number of carbonyl (C=O) groups is 1. The van der Waals surface area contributed by atoms with Gasteiger partial charge in [0.2, 0.25) is 0 Å². The molecule has 2 aromatic carbocycles. The van der Waals surface area contributed by atoms with E-state index in [9.17, 15) is 4.79 Å². The number of rotatable bonds is 5. The maximum absolute atomic E-state index is 12.5. The molecule has 0 saturated heterocycles. The van der Waals surface area contributed by atoms with Crippen LogP contribution in [0.25, 0.3) is 0 Å². The summed E-state index contributed by atoms with van der Waals surface area (Å²) in [4.78, 5) is 13.1. The predicted octanol–water partition coefficient (Wildman–Crippen LogP) is 6.16. The molecule has 0 unspecified atom stereocenters. The van der Waals surface area contributed by atoms with E-state index in [0.717, 1.165) is 33.7 Å². The Morgan fingerprint density at radius 2 is 1.81 bits per heavy atom. The van der Waals surface area contributed by atoms with Crippen molar-refractivity contribution in [3.05, 3.63) is 80.0 Å². The topological polar surface area (TPSA) is 38.3 Å². The second-order valence-electron chi connectivity index (χ2n) is 6.24. The number of hydrogen-bond acceptors (Lipinski definition) is 3. The second-order valence-corrected chi connectivity index (χ2v) is 7.59. The number of aryl methyl sites for hydroxylation is 3. The molecule has 1 heterocycles. The minimum Gasteiger partial charge on any atom is -0.488 e. The van der Waals surface area contributed by atoms with Gasteiger partial charge in [0.15, 0.2) is 0 Å². The van der Waals surface area contributed by atoms with Crippen LogP contribution < -0.4 is 10.1 Å². The molecule has 1 N–H and O–H groups in total. The molecule has 0 bridgehead atoms. The highest BCUT2D eigenvalue weighted by molar-refractivity contribution is 7.12. The minimum atomic E-state index is -0.140. The van der Waals surface area contributed by atoms with Crippen LogP contribution in [0.15, 0.2) is 47.8 Å². The van der Waals surface area contributed by atoms with Crippen molar-refractivity contribution >= 4 is 34.5 Å². The second kappa shape index (κ2) is 7.94. The molecular formula is C21H20ClNO2S. The summed E-state index contributed by atoms with van der Waals surface area (Å²) in [5.41, 5.74) is 4.89. The minimum absolute atomic E-state index is 0.140. The Hall–Kier alpha value is -2.30. The van der Waals surface area contributed by atoms with Gasteiger partial charge in [-0.05, 0) is 61.0 Å². The summed E-state index contributed by atoms with van der Waals surface area (Å²) < 4.78 is 5.96. The third-order valence-corrected chi connectivity index (χ3v) is 5.33. The maximum Gasteiger partial charge on any atom is 0.265 e. The standard InChI is InChI=1S/C21H20ClNO2S/c1-13-7-8-17(22)10-18(13)23-21(24)19-9-16(12-26-19)11-25-20-14(2)5-4-6-15(20)3/h4-10,12H,11H2,1-3H3,(H,23,24). The number of nitrogens with one attached hydrogen (secondary N) is 1. The number of anilines is 1. The average Bonchev–Trinajstić information content (AvgIpc) is 3.07. The summed E-state index contributed by atoms with van der Waals surface area (Å²) in [5.74, 6) is 0.762. The van der Waals surface area contributed by atoms with Gasteiger partial charge in [0, 0.05) is 16.3 Å². The first-order chi connectivity index (χ1) is 12.4. The average molecular weight is 386 g/mol. The van der Waals surface area contributed by atoms with Gasteiger partial charge < -0.3 is 10.1 Å². The molecule has 0 aliphatic heterocycles. The normalized spacial score (nSPS) is 10.6. The molecule has 3 rings (SSSR count).